The van der Waals surface area contributed by atoms with Gasteiger partial charge in [0, 0.05) is 43.9 Å². The predicted molar refractivity (Wildman–Crippen MR) is 124 cm³/mol. The molecule has 5 rings (SSSR count). The molecule has 9 nitrogen and oxygen atoms in total. The third-order valence-corrected chi connectivity index (χ3v) is 6.64. The quantitative estimate of drug-likeness (QED) is 0.494. The normalized spacial score (nSPS) is 19.5. The van der Waals surface area contributed by atoms with Gasteiger partial charge in [-0.2, -0.15) is 5.21 Å². The van der Waals surface area contributed by atoms with Crippen molar-refractivity contribution in [3.05, 3.63) is 59.2 Å². The molecular formula is C24H26FN7O2. The summed E-state index contributed by atoms with van der Waals surface area (Å²) >= 11 is 0. The summed E-state index contributed by atoms with van der Waals surface area (Å²) in [5.74, 6) is -0.559. The van der Waals surface area contributed by atoms with Gasteiger partial charge < -0.3 is 10.6 Å². The summed E-state index contributed by atoms with van der Waals surface area (Å²) in [5.41, 5.74) is 4.15. The number of rotatable bonds is 7. The molecule has 0 saturated carbocycles. The van der Waals surface area contributed by atoms with E-state index in [-0.39, 0.29) is 17.7 Å². The molecule has 3 aromatic rings. The Balaban J connectivity index is 1.57. The molecule has 1 fully saturated rings. The number of tetrazole rings is 1. The van der Waals surface area contributed by atoms with E-state index in [1.54, 1.807) is 7.05 Å². The number of hydrogen-bond donors (Lipinski definition) is 3. The van der Waals surface area contributed by atoms with Crippen molar-refractivity contribution in [3.63, 3.8) is 0 Å². The van der Waals surface area contributed by atoms with Crippen LogP contribution in [0.15, 0.2) is 42.5 Å². The molecule has 176 valence electrons. The molecule has 1 aromatic heterocycles. The Bertz CT molecular complexity index is 1200. The Kier molecular flexibility index (Phi) is 6.06. The van der Waals surface area contributed by atoms with E-state index in [9.17, 15) is 14.0 Å². The number of halogens is 1. The van der Waals surface area contributed by atoms with E-state index in [2.05, 4.69) is 36.2 Å². The number of H-pyrrole nitrogens is 1. The van der Waals surface area contributed by atoms with Crippen molar-refractivity contribution in [2.45, 2.75) is 30.8 Å². The lowest BCUT2D eigenvalue weighted by molar-refractivity contribution is -0.122. The highest BCUT2D eigenvalue weighted by molar-refractivity contribution is 5.99. The lowest BCUT2D eigenvalue weighted by Gasteiger charge is -2.31. The first-order chi connectivity index (χ1) is 16.5. The smallest absolute Gasteiger partial charge is 0.228 e. The Labute approximate surface area is 196 Å². The number of amides is 2. The zero-order valence-electron chi connectivity index (χ0n) is 18.8. The highest BCUT2D eigenvalue weighted by Gasteiger charge is 2.35. The molecule has 10 heteroatoms. The van der Waals surface area contributed by atoms with Gasteiger partial charge in [0.15, 0.2) is 0 Å². The van der Waals surface area contributed by atoms with Crippen molar-refractivity contribution in [1.82, 2.24) is 30.8 Å². The van der Waals surface area contributed by atoms with Gasteiger partial charge in [-0.3, -0.25) is 14.5 Å². The summed E-state index contributed by atoms with van der Waals surface area (Å²) in [6, 6.07) is 13.4. The molecule has 1 unspecified atom stereocenters. The predicted octanol–water partition coefficient (Wildman–Crippen LogP) is 2.02. The van der Waals surface area contributed by atoms with E-state index in [1.165, 1.54) is 0 Å². The molecule has 2 aromatic carbocycles. The van der Waals surface area contributed by atoms with Crippen LogP contribution in [0.25, 0.3) is 11.4 Å². The van der Waals surface area contributed by atoms with Crippen LogP contribution in [0.1, 0.15) is 34.9 Å². The average Bonchev–Trinajstić information content (AvgIpc) is 3.59. The summed E-state index contributed by atoms with van der Waals surface area (Å²) in [6.07, 6.45) is -0.0345. The third kappa shape index (κ3) is 4.41. The summed E-state index contributed by atoms with van der Waals surface area (Å²) < 4.78 is 14.0. The number of carbonyl (C=O) groups is 2. The first kappa shape index (κ1) is 22.1. The Morgan fingerprint density at radius 1 is 1.26 bits per heavy atom. The van der Waals surface area contributed by atoms with Crippen molar-refractivity contribution in [3.8, 4) is 11.4 Å². The maximum absolute atomic E-state index is 14.0. The summed E-state index contributed by atoms with van der Waals surface area (Å²) in [4.78, 5) is 27.3. The molecule has 0 radical (unpaired) electrons. The van der Waals surface area contributed by atoms with Gasteiger partial charge in [-0.1, -0.05) is 30.3 Å². The minimum absolute atomic E-state index is 0.0564. The standard InChI is InChI=1S/C24H26FN7O2/c1-26-24(34)22(16-6-5-15-11-21(33)27-20(15)10-16)19(13-32-8-7-18(25)12-32)14-3-2-4-17(9-14)23-28-30-31-29-23/h2-6,9-10,18-19,22H,7-8,11-13H2,1H3,(H,26,34)(H,27,33)(H,28,29,30,31)/t18-,19+,22?/m0/s1. The Hall–Kier alpha value is -3.66. The van der Waals surface area contributed by atoms with Crippen LogP contribution < -0.4 is 10.6 Å². The number of fused-ring (bicyclic) bond motifs is 1. The maximum atomic E-state index is 14.0. The zero-order chi connectivity index (χ0) is 23.7. The SMILES string of the molecule is CNC(=O)C(c1ccc2c(c1)NC(=O)C2)[C@H](CN1CC[C@H](F)C1)c1cccc(-c2nn[nH]n2)c1. The van der Waals surface area contributed by atoms with Crippen LogP contribution >= 0.6 is 0 Å². The molecule has 1 saturated heterocycles. The monoisotopic (exact) mass is 463 g/mol. The van der Waals surface area contributed by atoms with E-state index < -0.39 is 12.1 Å². The fourth-order valence-corrected chi connectivity index (χ4v) is 4.97. The Morgan fingerprint density at radius 2 is 2.15 bits per heavy atom. The van der Waals surface area contributed by atoms with Gasteiger partial charge in [-0.15, -0.1) is 10.2 Å². The number of hydrogen-bond acceptors (Lipinski definition) is 6. The van der Waals surface area contributed by atoms with Gasteiger partial charge in [0.1, 0.15) is 6.17 Å². The fraction of sp³-hybridized carbons (Fsp3) is 0.375. The van der Waals surface area contributed by atoms with Gasteiger partial charge in [0.25, 0.3) is 0 Å². The van der Waals surface area contributed by atoms with Crippen LogP contribution in [0.5, 0.6) is 0 Å². The third-order valence-electron chi connectivity index (χ3n) is 6.64. The molecule has 34 heavy (non-hydrogen) atoms. The van der Waals surface area contributed by atoms with Gasteiger partial charge in [0.05, 0.1) is 12.3 Å². The molecule has 0 spiro atoms. The molecular weight excluding hydrogens is 437 g/mol. The highest BCUT2D eigenvalue weighted by atomic mass is 19.1. The van der Waals surface area contributed by atoms with E-state index in [0.29, 0.717) is 38.3 Å². The molecule has 3 atom stereocenters. The average molecular weight is 464 g/mol. The summed E-state index contributed by atoms with van der Waals surface area (Å²) in [7, 11) is 1.62. The number of nitrogens with one attached hydrogen (secondary N) is 3. The fourth-order valence-electron chi connectivity index (χ4n) is 4.97. The second-order valence-electron chi connectivity index (χ2n) is 8.85. The molecule has 2 aliphatic rings. The largest absolute Gasteiger partial charge is 0.359 e. The number of aromatic amines is 1. The summed E-state index contributed by atoms with van der Waals surface area (Å²) in [6.45, 7) is 1.50. The zero-order valence-corrected chi connectivity index (χ0v) is 18.8. The second-order valence-corrected chi connectivity index (χ2v) is 8.85. The van der Waals surface area contributed by atoms with Crippen LogP contribution in [0, 0.1) is 0 Å². The molecule has 3 heterocycles. The first-order valence-corrected chi connectivity index (χ1v) is 11.4. The minimum Gasteiger partial charge on any atom is -0.359 e. The number of anilines is 1. The topological polar surface area (TPSA) is 116 Å². The molecule has 3 N–H and O–H groups in total. The van der Waals surface area contributed by atoms with Crippen LogP contribution in [-0.2, 0) is 16.0 Å². The van der Waals surface area contributed by atoms with Crippen LogP contribution in [-0.4, -0.2) is 70.2 Å². The Morgan fingerprint density at radius 3 is 2.88 bits per heavy atom. The highest BCUT2D eigenvalue weighted by Crippen LogP contribution is 2.38. The van der Waals surface area contributed by atoms with Crippen molar-refractivity contribution < 1.29 is 14.0 Å². The molecule has 0 bridgehead atoms. The molecule has 0 aliphatic carbocycles. The maximum Gasteiger partial charge on any atom is 0.228 e. The minimum atomic E-state index is -0.861. The lowest BCUT2D eigenvalue weighted by atomic mass is 9.79. The number of benzene rings is 2. The van der Waals surface area contributed by atoms with Gasteiger partial charge in [-0.25, -0.2) is 4.39 Å². The first-order valence-electron chi connectivity index (χ1n) is 11.4. The number of carbonyl (C=O) groups excluding carboxylic acids is 2. The summed E-state index contributed by atoms with van der Waals surface area (Å²) in [5, 5.41) is 19.9. The second kappa shape index (κ2) is 9.30. The van der Waals surface area contributed by atoms with E-state index in [4.69, 9.17) is 0 Å². The molecule has 2 amide bonds. The molecule has 2 aliphatic heterocycles. The van der Waals surface area contributed by atoms with Crippen molar-refractivity contribution in [2.75, 3.05) is 32.0 Å². The van der Waals surface area contributed by atoms with Gasteiger partial charge in [-0.05, 0) is 40.5 Å². The van der Waals surface area contributed by atoms with Crippen molar-refractivity contribution in [1.29, 1.82) is 0 Å². The van der Waals surface area contributed by atoms with Gasteiger partial charge in [0.2, 0.25) is 17.6 Å². The van der Waals surface area contributed by atoms with Crippen molar-refractivity contribution in [2.24, 2.45) is 0 Å². The van der Waals surface area contributed by atoms with Crippen LogP contribution in [0.2, 0.25) is 0 Å². The van der Waals surface area contributed by atoms with Crippen LogP contribution in [0.4, 0.5) is 10.1 Å². The van der Waals surface area contributed by atoms with Gasteiger partial charge >= 0.3 is 0 Å². The van der Waals surface area contributed by atoms with E-state index in [1.807, 2.05) is 42.5 Å². The lowest BCUT2D eigenvalue weighted by Crippen LogP contribution is -2.36. The van der Waals surface area contributed by atoms with E-state index >= 15 is 0 Å². The van der Waals surface area contributed by atoms with Crippen molar-refractivity contribution >= 4 is 17.5 Å². The number of aromatic nitrogens is 4. The van der Waals surface area contributed by atoms with E-state index in [0.717, 1.165) is 27.9 Å². The number of likely N-dealkylation sites (N-methyl/N-ethyl adjacent to an activating group) is 1. The number of alkyl halides is 1. The van der Waals surface area contributed by atoms with Crippen LogP contribution in [0.3, 0.4) is 0 Å². The number of likely N-dealkylation sites (tertiary alicyclic amines) is 1. The number of nitrogens with zero attached hydrogens (tertiary/aromatic N) is 4.